The second-order valence-electron chi connectivity index (χ2n) is 3.60. The number of amides is 2. The van der Waals surface area contributed by atoms with E-state index >= 15 is 0 Å². The third-order valence-corrected chi connectivity index (χ3v) is 3.68. The third kappa shape index (κ3) is 2.83. The lowest BCUT2D eigenvalue weighted by Crippen LogP contribution is -2.33. The van der Waals surface area contributed by atoms with E-state index in [0.717, 1.165) is 16.2 Å². The molecular weight excluding hydrogens is 274 g/mol. The van der Waals surface area contributed by atoms with Crippen molar-refractivity contribution in [2.45, 2.75) is 11.3 Å². The topological polar surface area (TPSA) is 84.5 Å². The first-order chi connectivity index (χ1) is 8.58. The van der Waals surface area contributed by atoms with E-state index in [9.17, 15) is 9.59 Å². The maximum atomic E-state index is 11.0. The summed E-state index contributed by atoms with van der Waals surface area (Å²) in [5.74, 6) is -1.12. The number of carbonyl (C=O) groups excluding carboxylic acids is 2. The highest BCUT2D eigenvalue weighted by molar-refractivity contribution is 7.99. The van der Waals surface area contributed by atoms with Crippen molar-refractivity contribution in [2.75, 3.05) is 5.75 Å². The molecule has 0 aromatic heterocycles. The summed E-state index contributed by atoms with van der Waals surface area (Å²) >= 11 is 7.63. The average molecular weight is 284 g/mol. The molecule has 2 amide bonds. The lowest BCUT2D eigenvalue weighted by molar-refractivity contribution is -0.137. The number of hydrogen-bond donors (Lipinski definition) is 2. The summed E-state index contributed by atoms with van der Waals surface area (Å²) < 4.78 is 0. The largest absolute Gasteiger partial charge is 0.361 e. The van der Waals surface area contributed by atoms with E-state index < -0.39 is 11.8 Å². The van der Waals surface area contributed by atoms with Crippen LogP contribution in [0, 0.1) is 0 Å². The lowest BCUT2D eigenvalue weighted by Gasteiger charge is -2.17. The van der Waals surface area contributed by atoms with Crippen molar-refractivity contribution in [3.63, 3.8) is 0 Å². The monoisotopic (exact) mass is 283 g/mol. The Morgan fingerprint density at radius 2 is 2.22 bits per heavy atom. The second kappa shape index (κ2) is 5.41. The molecule has 0 saturated heterocycles. The molecule has 0 fully saturated rings. The fraction of sp³-hybridized carbons (Fsp3) is 0.182. The molecule has 1 aliphatic rings. The predicted molar refractivity (Wildman–Crippen MR) is 70.7 cm³/mol. The molecule has 0 radical (unpaired) electrons. The Hall–Kier alpha value is -1.53. The number of nitrogens with two attached hydrogens (primary N) is 1. The van der Waals surface area contributed by atoms with Crippen LogP contribution in [0.2, 0.25) is 5.02 Å². The van der Waals surface area contributed by atoms with Crippen LogP contribution in [-0.2, 0) is 9.59 Å². The second-order valence-corrected chi connectivity index (χ2v) is 5.18. The third-order valence-electron chi connectivity index (χ3n) is 2.37. The number of fused-ring (bicyclic) bond motifs is 1. The van der Waals surface area contributed by atoms with Crippen LogP contribution in [-0.4, -0.2) is 23.3 Å². The van der Waals surface area contributed by atoms with E-state index in [1.54, 1.807) is 23.9 Å². The summed E-state index contributed by atoms with van der Waals surface area (Å²) in [6.45, 7) is 0. The average Bonchev–Trinajstić information content (AvgIpc) is 2.35. The molecule has 0 aliphatic carbocycles. The number of halogens is 1. The SMILES string of the molecule is NC(=O)C(=O)NN=C1CCSc2ccc(Cl)cc21. The molecule has 5 nitrogen and oxygen atoms in total. The maximum absolute atomic E-state index is 11.0. The number of rotatable bonds is 1. The molecule has 0 spiro atoms. The Morgan fingerprint density at radius 3 is 2.94 bits per heavy atom. The highest BCUT2D eigenvalue weighted by Gasteiger charge is 2.17. The molecule has 1 heterocycles. The number of hydrogen-bond acceptors (Lipinski definition) is 4. The quantitative estimate of drug-likeness (QED) is 0.599. The van der Waals surface area contributed by atoms with Gasteiger partial charge >= 0.3 is 11.8 Å². The molecule has 18 heavy (non-hydrogen) atoms. The van der Waals surface area contributed by atoms with Gasteiger partial charge < -0.3 is 5.73 Å². The van der Waals surface area contributed by atoms with E-state index in [1.165, 1.54) is 0 Å². The number of hydrazone groups is 1. The minimum atomic E-state index is -1.06. The number of nitrogens with zero attached hydrogens (tertiary/aromatic N) is 1. The van der Waals surface area contributed by atoms with Crippen LogP contribution in [0.5, 0.6) is 0 Å². The molecule has 0 bridgehead atoms. The molecule has 3 N–H and O–H groups in total. The minimum Gasteiger partial charge on any atom is -0.361 e. The molecule has 0 saturated carbocycles. The van der Waals surface area contributed by atoms with Gasteiger partial charge in [-0.05, 0) is 18.2 Å². The summed E-state index contributed by atoms with van der Waals surface area (Å²) in [5, 5.41) is 4.53. The zero-order valence-electron chi connectivity index (χ0n) is 9.27. The molecule has 0 atom stereocenters. The van der Waals surface area contributed by atoms with Gasteiger partial charge in [0.05, 0.1) is 5.71 Å². The van der Waals surface area contributed by atoms with Gasteiger partial charge in [0.2, 0.25) is 0 Å². The summed E-state index contributed by atoms with van der Waals surface area (Å²) in [6.07, 6.45) is 0.692. The molecule has 1 aromatic rings. The molecule has 7 heteroatoms. The van der Waals surface area contributed by atoms with Crippen LogP contribution < -0.4 is 11.2 Å². The van der Waals surface area contributed by atoms with Crippen molar-refractivity contribution in [1.29, 1.82) is 0 Å². The fourth-order valence-corrected chi connectivity index (χ4v) is 2.72. The van der Waals surface area contributed by atoms with Gasteiger partial charge in [-0.15, -0.1) is 11.8 Å². The Labute approximate surface area is 113 Å². The standard InChI is InChI=1S/C11H10ClN3O2S/c12-6-1-2-9-7(5-6)8(3-4-18-9)14-15-11(17)10(13)16/h1-2,5H,3-4H2,(H2,13,16)(H,15,17). The predicted octanol–water partition coefficient (Wildman–Crippen LogP) is 1.14. The summed E-state index contributed by atoms with van der Waals surface area (Å²) in [7, 11) is 0. The van der Waals surface area contributed by atoms with Crippen molar-refractivity contribution in [3.05, 3.63) is 28.8 Å². The molecule has 94 valence electrons. The van der Waals surface area contributed by atoms with Crippen LogP contribution in [0.15, 0.2) is 28.2 Å². The van der Waals surface area contributed by atoms with E-state index in [0.29, 0.717) is 17.2 Å². The zero-order valence-corrected chi connectivity index (χ0v) is 10.8. The molecule has 1 aliphatic heterocycles. The first-order valence-corrected chi connectivity index (χ1v) is 6.53. The van der Waals surface area contributed by atoms with Gasteiger partial charge in [-0.1, -0.05) is 11.6 Å². The lowest BCUT2D eigenvalue weighted by atomic mass is 10.1. The number of thioether (sulfide) groups is 1. The molecular formula is C11H10ClN3O2S. The smallest absolute Gasteiger partial charge is 0.329 e. The van der Waals surface area contributed by atoms with Gasteiger partial charge in [0.15, 0.2) is 0 Å². The van der Waals surface area contributed by atoms with Crippen LogP contribution >= 0.6 is 23.4 Å². The van der Waals surface area contributed by atoms with Crippen LogP contribution in [0.1, 0.15) is 12.0 Å². The van der Waals surface area contributed by atoms with E-state index in [2.05, 4.69) is 10.5 Å². The Balaban J connectivity index is 2.26. The van der Waals surface area contributed by atoms with Gasteiger partial charge in [0.25, 0.3) is 0 Å². The highest BCUT2D eigenvalue weighted by Crippen LogP contribution is 2.31. The van der Waals surface area contributed by atoms with Gasteiger partial charge in [-0.2, -0.15) is 5.10 Å². The zero-order chi connectivity index (χ0) is 13.1. The molecule has 2 rings (SSSR count). The van der Waals surface area contributed by atoms with Crippen molar-refractivity contribution in [2.24, 2.45) is 10.8 Å². The fourth-order valence-electron chi connectivity index (χ4n) is 1.54. The number of primary amides is 1. The normalized spacial score (nSPS) is 16.2. The summed E-state index contributed by atoms with van der Waals surface area (Å²) in [4.78, 5) is 22.7. The summed E-state index contributed by atoms with van der Waals surface area (Å²) in [5.41, 5.74) is 8.53. The van der Waals surface area contributed by atoms with E-state index in [-0.39, 0.29) is 0 Å². The van der Waals surface area contributed by atoms with E-state index in [4.69, 9.17) is 17.3 Å². The van der Waals surface area contributed by atoms with E-state index in [1.807, 2.05) is 6.07 Å². The molecule has 0 unspecified atom stereocenters. The molecule has 1 aromatic carbocycles. The Bertz CT molecular complexity index is 545. The highest BCUT2D eigenvalue weighted by atomic mass is 35.5. The van der Waals surface area contributed by atoms with Gasteiger partial charge in [-0.3, -0.25) is 9.59 Å². The number of benzene rings is 1. The van der Waals surface area contributed by atoms with Crippen molar-refractivity contribution in [1.82, 2.24) is 5.43 Å². The number of nitrogens with one attached hydrogen (secondary N) is 1. The first kappa shape index (κ1) is 12.9. The van der Waals surface area contributed by atoms with Crippen LogP contribution in [0.25, 0.3) is 0 Å². The van der Waals surface area contributed by atoms with Crippen molar-refractivity contribution >= 4 is 40.9 Å². The van der Waals surface area contributed by atoms with Crippen molar-refractivity contribution < 1.29 is 9.59 Å². The van der Waals surface area contributed by atoms with Gasteiger partial charge in [-0.25, -0.2) is 5.43 Å². The van der Waals surface area contributed by atoms with Crippen LogP contribution in [0.4, 0.5) is 0 Å². The minimum absolute atomic E-state index is 0.602. The van der Waals surface area contributed by atoms with Gasteiger partial charge in [0.1, 0.15) is 0 Å². The Kier molecular flexibility index (Phi) is 3.88. The van der Waals surface area contributed by atoms with Crippen molar-refractivity contribution in [3.8, 4) is 0 Å². The summed E-state index contributed by atoms with van der Waals surface area (Å²) in [6, 6.07) is 5.50. The van der Waals surface area contributed by atoms with Crippen LogP contribution in [0.3, 0.4) is 0 Å². The first-order valence-electron chi connectivity index (χ1n) is 5.17. The number of carbonyl (C=O) groups is 2. The maximum Gasteiger partial charge on any atom is 0.329 e. The Morgan fingerprint density at radius 1 is 1.44 bits per heavy atom. The van der Waals surface area contributed by atoms with Gasteiger partial charge in [0, 0.05) is 27.7 Å².